The normalized spacial score (nSPS) is 17.9. The summed E-state index contributed by atoms with van der Waals surface area (Å²) in [6, 6.07) is 3.54. The van der Waals surface area contributed by atoms with E-state index in [4.69, 9.17) is 11.6 Å². The predicted octanol–water partition coefficient (Wildman–Crippen LogP) is 0.404. The topological polar surface area (TPSA) is 49.3 Å². The standard InChI is InChI=1S/C10H13ClN4O/c1-14-4-5-15(7-10(14)16)6-8-2-3-9(11)13-12-8/h2-3H,4-7H2,1H3. The van der Waals surface area contributed by atoms with Crippen molar-refractivity contribution in [3.63, 3.8) is 0 Å². The Balaban J connectivity index is 1.95. The SMILES string of the molecule is CN1CCN(Cc2ccc(Cl)nn2)CC1=O. The van der Waals surface area contributed by atoms with Crippen LogP contribution in [0.4, 0.5) is 0 Å². The number of aromatic nitrogens is 2. The van der Waals surface area contributed by atoms with Crippen LogP contribution >= 0.6 is 11.6 Å². The van der Waals surface area contributed by atoms with Gasteiger partial charge in [0.05, 0.1) is 12.2 Å². The number of likely N-dealkylation sites (N-methyl/N-ethyl adjacent to an activating group) is 1. The van der Waals surface area contributed by atoms with E-state index in [0.29, 0.717) is 18.2 Å². The zero-order valence-corrected chi connectivity index (χ0v) is 9.81. The van der Waals surface area contributed by atoms with Crippen molar-refractivity contribution in [2.24, 2.45) is 0 Å². The molecule has 2 heterocycles. The van der Waals surface area contributed by atoms with E-state index in [-0.39, 0.29) is 5.91 Å². The number of amides is 1. The van der Waals surface area contributed by atoms with Gasteiger partial charge in [-0.2, -0.15) is 5.10 Å². The maximum Gasteiger partial charge on any atom is 0.236 e. The Hall–Kier alpha value is -1.20. The summed E-state index contributed by atoms with van der Waals surface area (Å²) in [5, 5.41) is 8.13. The van der Waals surface area contributed by atoms with Gasteiger partial charge in [0.15, 0.2) is 5.15 Å². The van der Waals surface area contributed by atoms with Crippen molar-refractivity contribution in [2.75, 3.05) is 26.7 Å². The third-order valence-electron chi connectivity index (χ3n) is 2.61. The molecule has 16 heavy (non-hydrogen) atoms. The second-order valence-electron chi connectivity index (χ2n) is 3.87. The molecule has 0 radical (unpaired) electrons. The van der Waals surface area contributed by atoms with Crippen LogP contribution in [0.25, 0.3) is 0 Å². The van der Waals surface area contributed by atoms with Crippen LogP contribution in [0.1, 0.15) is 5.69 Å². The highest BCUT2D eigenvalue weighted by Crippen LogP contribution is 2.07. The average molecular weight is 241 g/mol. The van der Waals surface area contributed by atoms with Gasteiger partial charge in [0, 0.05) is 26.7 Å². The van der Waals surface area contributed by atoms with Gasteiger partial charge in [-0.15, -0.1) is 5.10 Å². The molecule has 0 aromatic carbocycles. The van der Waals surface area contributed by atoms with Crippen LogP contribution in [0, 0.1) is 0 Å². The van der Waals surface area contributed by atoms with Crippen molar-refractivity contribution in [3.8, 4) is 0 Å². The molecule has 5 nitrogen and oxygen atoms in total. The molecule has 1 amide bonds. The van der Waals surface area contributed by atoms with E-state index in [0.717, 1.165) is 18.8 Å². The molecule has 1 saturated heterocycles. The van der Waals surface area contributed by atoms with Gasteiger partial charge in [-0.1, -0.05) is 11.6 Å². The molecule has 1 aromatic rings. The molecule has 6 heteroatoms. The number of carbonyl (C=O) groups is 1. The quantitative estimate of drug-likeness (QED) is 0.751. The number of carbonyl (C=O) groups excluding carboxylic acids is 1. The fraction of sp³-hybridized carbons (Fsp3) is 0.500. The van der Waals surface area contributed by atoms with E-state index in [2.05, 4.69) is 15.1 Å². The first-order valence-corrected chi connectivity index (χ1v) is 5.47. The van der Waals surface area contributed by atoms with Crippen molar-refractivity contribution in [1.29, 1.82) is 0 Å². The number of nitrogens with zero attached hydrogens (tertiary/aromatic N) is 4. The summed E-state index contributed by atoms with van der Waals surface area (Å²) in [5.74, 6) is 0.146. The van der Waals surface area contributed by atoms with Crippen molar-refractivity contribution in [3.05, 3.63) is 23.0 Å². The molecule has 0 unspecified atom stereocenters. The lowest BCUT2D eigenvalue weighted by molar-refractivity contribution is -0.134. The molecular weight excluding hydrogens is 228 g/mol. The monoisotopic (exact) mass is 240 g/mol. The molecule has 2 rings (SSSR count). The van der Waals surface area contributed by atoms with E-state index in [1.807, 2.05) is 13.1 Å². The molecule has 0 aliphatic carbocycles. The Morgan fingerprint density at radius 2 is 2.19 bits per heavy atom. The Morgan fingerprint density at radius 1 is 1.38 bits per heavy atom. The Bertz CT molecular complexity index is 381. The third-order valence-corrected chi connectivity index (χ3v) is 2.81. The molecule has 1 aromatic heterocycles. The van der Waals surface area contributed by atoms with Crippen LogP contribution in [-0.2, 0) is 11.3 Å². The van der Waals surface area contributed by atoms with Gasteiger partial charge in [-0.25, -0.2) is 0 Å². The largest absolute Gasteiger partial charge is 0.343 e. The summed E-state index contributed by atoms with van der Waals surface area (Å²) in [6.45, 7) is 2.72. The number of halogens is 1. The van der Waals surface area contributed by atoms with Gasteiger partial charge in [0.1, 0.15) is 0 Å². The van der Waals surface area contributed by atoms with Crippen LogP contribution in [-0.4, -0.2) is 52.6 Å². The minimum atomic E-state index is 0.146. The number of rotatable bonds is 2. The molecule has 0 N–H and O–H groups in total. The molecular formula is C10H13ClN4O. The maximum absolute atomic E-state index is 11.5. The number of hydrogen-bond acceptors (Lipinski definition) is 4. The highest BCUT2D eigenvalue weighted by atomic mass is 35.5. The third kappa shape index (κ3) is 2.68. The van der Waals surface area contributed by atoms with Crippen molar-refractivity contribution < 1.29 is 4.79 Å². The van der Waals surface area contributed by atoms with Gasteiger partial charge in [-0.3, -0.25) is 9.69 Å². The second-order valence-corrected chi connectivity index (χ2v) is 4.26. The van der Waals surface area contributed by atoms with E-state index >= 15 is 0 Å². The van der Waals surface area contributed by atoms with E-state index < -0.39 is 0 Å². The molecule has 86 valence electrons. The minimum absolute atomic E-state index is 0.146. The fourth-order valence-electron chi connectivity index (χ4n) is 1.60. The van der Waals surface area contributed by atoms with Crippen molar-refractivity contribution in [2.45, 2.75) is 6.54 Å². The van der Waals surface area contributed by atoms with E-state index in [1.165, 1.54) is 0 Å². The molecule has 1 aliphatic heterocycles. The summed E-state index contributed by atoms with van der Waals surface area (Å²) in [6.07, 6.45) is 0. The van der Waals surface area contributed by atoms with Crippen LogP contribution in [0.15, 0.2) is 12.1 Å². The van der Waals surface area contributed by atoms with Gasteiger partial charge >= 0.3 is 0 Å². The fourth-order valence-corrected chi connectivity index (χ4v) is 1.70. The van der Waals surface area contributed by atoms with Crippen LogP contribution in [0.5, 0.6) is 0 Å². The lowest BCUT2D eigenvalue weighted by Gasteiger charge is -2.31. The Morgan fingerprint density at radius 3 is 2.81 bits per heavy atom. The zero-order valence-electron chi connectivity index (χ0n) is 9.06. The molecule has 1 aliphatic rings. The summed E-state index contributed by atoms with van der Waals surface area (Å²) >= 11 is 5.65. The van der Waals surface area contributed by atoms with Crippen LogP contribution in [0.2, 0.25) is 5.15 Å². The summed E-state index contributed by atoms with van der Waals surface area (Å²) in [4.78, 5) is 15.3. The van der Waals surface area contributed by atoms with Gasteiger partial charge in [0.2, 0.25) is 5.91 Å². The summed E-state index contributed by atoms with van der Waals surface area (Å²) in [5.41, 5.74) is 0.835. The lowest BCUT2D eigenvalue weighted by atomic mass is 10.3. The molecule has 0 atom stereocenters. The Kier molecular flexibility index (Phi) is 3.36. The first-order valence-electron chi connectivity index (χ1n) is 5.09. The maximum atomic E-state index is 11.5. The second kappa shape index (κ2) is 4.76. The predicted molar refractivity (Wildman–Crippen MR) is 60.0 cm³/mol. The van der Waals surface area contributed by atoms with Crippen LogP contribution in [0.3, 0.4) is 0 Å². The smallest absolute Gasteiger partial charge is 0.236 e. The Labute approximate surface area is 99.0 Å². The van der Waals surface area contributed by atoms with Crippen LogP contribution < -0.4 is 0 Å². The number of hydrogen-bond donors (Lipinski definition) is 0. The van der Waals surface area contributed by atoms with E-state index in [9.17, 15) is 4.79 Å². The molecule has 1 fully saturated rings. The number of piperazine rings is 1. The first kappa shape index (κ1) is 11.3. The zero-order chi connectivity index (χ0) is 11.5. The molecule has 0 bridgehead atoms. The van der Waals surface area contributed by atoms with Crippen molar-refractivity contribution >= 4 is 17.5 Å². The van der Waals surface area contributed by atoms with Gasteiger partial charge in [0.25, 0.3) is 0 Å². The van der Waals surface area contributed by atoms with Gasteiger partial charge < -0.3 is 4.90 Å². The summed E-state index contributed by atoms with van der Waals surface area (Å²) in [7, 11) is 1.82. The van der Waals surface area contributed by atoms with Gasteiger partial charge in [-0.05, 0) is 12.1 Å². The van der Waals surface area contributed by atoms with E-state index in [1.54, 1.807) is 11.0 Å². The average Bonchev–Trinajstić information content (AvgIpc) is 2.27. The molecule has 0 spiro atoms. The highest BCUT2D eigenvalue weighted by molar-refractivity contribution is 6.29. The highest BCUT2D eigenvalue weighted by Gasteiger charge is 2.21. The van der Waals surface area contributed by atoms with Crippen molar-refractivity contribution in [1.82, 2.24) is 20.0 Å². The summed E-state index contributed by atoms with van der Waals surface area (Å²) < 4.78 is 0. The first-order chi connectivity index (χ1) is 7.65. The minimum Gasteiger partial charge on any atom is -0.343 e. The lowest BCUT2D eigenvalue weighted by Crippen LogP contribution is -2.48. The molecule has 0 saturated carbocycles.